The van der Waals surface area contributed by atoms with Gasteiger partial charge in [0.1, 0.15) is 11.5 Å². The maximum Gasteiger partial charge on any atom is 0.176 e. The van der Waals surface area contributed by atoms with E-state index in [2.05, 4.69) is 0 Å². The maximum absolute atomic E-state index is 14.5. The topological polar surface area (TPSA) is 35.5 Å². The van der Waals surface area contributed by atoms with E-state index in [1.54, 1.807) is 19.2 Å². The first-order valence-electron chi connectivity index (χ1n) is 7.75. The van der Waals surface area contributed by atoms with Gasteiger partial charge in [-0.25, -0.2) is 0 Å². The fraction of sp³-hybridized carbons (Fsp3) is 0.100. The molecule has 0 saturated carbocycles. The number of benzene rings is 3. The third kappa shape index (κ3) is 3.06. The monoisotopic (exact) mass is 372 g/mol. The minimum atomic E-state index is -3.25. The Balaban J connectivity index is 2.41. The van der Waals surface area contributed by atoms with Crippen molar-refractivity contribution >= 4 is 34.7 Å². The second-order valence-electron chi connectivity index (χ2n) is 5.41. The highest BCUT2D eigenvalue weighted by atomic mass is 35.5. The van der Waals surface area contributed by atoms with Crippen molar-refractivity contribution in [3.63, 3.8) is 0 Å². The van der Waals surface area contributed by atoms with E-state index in [9.17, 15) is 4.57 Å². The number of methoxy groups -OCH3 is 2. The van der Waals surface area contributed by atoms with Crippen LogP contribution in [-0.2, 0) is 4.57 Å². The standard InChI is InChI=1S/C20H18ClO3P/c1-23-17-13-14-18(24-2)20(19(17)21)25(22,15-9-5-3-6-10-15)16-11-7-4-8-12-16/h3-14H,1-2H3. The molecule has 0 saturated heterocycles. The average Bonchev–Trinajstić information content (AvgIpc) is 2.68. The fourth-order valence-corrected chi connectivity index (χ4v) is 6.28. The summed E-state index contributed by atoms with van der Waals surface area (Å²) < 4.78 is 25.3. The minimum absolute atomic E-state index is 0.304. The fourth-order valence-electron chi connectivity index (χ4n) is 2.83. The highest BCUT2D eigenvalue weighted by Crippen LogP contribution is 2.49. The van der Waals surface area contributed by atoms with Gasteiger partial charge in [-0.1, -0.05) is 72.3 Å². The summed E-state index contributed by atoms with van der Waals surface area (Å²) in [5.41, 5.74) is 0. The lowest BCUT2D eigenvalue weighted by molar-refractivity contribution is 0.406. The Morgan fingerprint density at radius 2 is 1.16 bits per heavy atom. The third-order valence-corrected chi connectivity index (χ3v) is 7.67. The van der Waals surface area contributed by atoms with Gasteiger partial charge in [-0.15, -0.1) is 0 Å². The molecule has 0 heterocycles. The van der Waals surface area contributed by atoms with E-state index in [0.29, 0.717) is 32.4 Å². The Morgan fingerprint density at radius 1 is 0.720 bits per heavy atom. The Kier molecular flexibility index (Phi) is 5.17. The minimum Gasteiger partial charge on any atom is -0.496 e. The number of hydrogen-bond acceptors (Lipinski definition) is 3. The Morgan fingerprint density at radius 3 is 1.60 bits per heavy atom. The molecule has 3 aromatic carbocycles. The first-order valence-corrected chi connectivity index (χ1v) is 9.83. The predicted molar refractivity (Wildman–Crippen MR) is 104 cm³/mol. The van der Waals surface area contributed by atoms with Gasteiger partial charge in [0.05, 0.1) is 24.5 Å². The predicted octanol–water partition coefficient (Wildman–Crippen LogP) is 4.00. The first kappa shape index (κ1) is 17.6. The average molecular weight is 373 g/mol. The molecule has 0 N–H and O–H groups in total. The molecule has 0 aliphatic rings. The molecular formula is C20H18ClO3P. The van der Waals surface area contributed by atoms with Crippen molar-refractivity contribution < 1.29 is 14.0 Å². The third-order valence-electron chi connectivity index (χ3n) is 4.04. The highest BCUT2D eigenvalue weighted by molar-refractivity contribution is 7.85. The van der Waals surface area contributed by atoms with Crippen LogP contribution in [0.25, 0.3) is 0 Å². The van der Waals surface area contributed by atoms with Crippen molar-refractivity contribution in [1.82, 2.24) is 0 Å². The van der Waals surface area contributed by atoms with Gasteiger partial charge in [-0.05, 0) is 12.1 Å². The summed E-state index contributed by atoms with van der Waals surface area (Å²) in [6.45, 7) is 0. The molecule has 0 unspecified atom stereocenters. The van der Waals surface area contributed by atoms with E-state index in [4.69, 9.17) is 21.1 Å². The number of rotatable bonds is 5. The number of hydrogen-bond donors (Lipinski definition) is 0. The van der Waals surface area contributed by atoms with Crippen molar-refractivity contribution in [1.29, 1.82) is 0 Å². The number of ether oxygens (including phenoxy) is 2. The molecule has 128 valence electrons. The molecule has 0 fully saturated rings. The first-order chi connectivity index (χ1) is 12.1. The highest BCUT2D eigenvalue weighted by Gasteiger charge is 2.36. The lowest BCUT2D eigenvalue weighted by Gasteiger charge is -2.24. The van der Waals surface area contributed by atoms with Crippen LogP contribution in [0.1, 0.15) is 0 Å². The summed E-state index contributed by atoms with van der Waals surface area (Å²) in [6.07, 6.45) is 0. The summed E-state index contributed by atoms with van der Waals surface area (Å²) in [4.78, 5) is 0. The molecule has 0 aliphatic carbocycles. The van der Waals surface area contributed by atoms with E-state index < -0.39 is 7.14 Å². The van der Waals surface area contributed by atoms with Crippen molar-refractivity contribution in [2.24, 2.45) is 0 Å². The quantitative estimate of drug-likeness (QED) is 0.635. The second-order valence-corrected chi connectivity index (χ2v) is 8.49. The van der Waals surface area contributed by atoms with Crippen LogP contribution in [0.15, 0.2) is 72.8 Å². The maximum atomic E-state index is 14.5. The van der Waals surface area contributed by atoms with Crippen LogP contribution in [-0.4, -0.2) is 14.2 Å². The lowest BCUT2D eigenvalue weighted by atomic mass is 10.3. The van der Waals surface area contributed by atoms with Gasteiger partial charge in [0, 0.05) is 10.6 Å². The van der Waals surface area contributed by atoms with Crippen LogP contribution in [0.4, 0.5) is 0 Å². The normalized spacial score (nSPS) is 11.2. The van der Waals surface area contributed by atoms with Crippen molar-refractivity contribution in [3.05, 3.63) is 77.8 Å². The molecular weight excluding hydrogens is 355 g/mol. The molecule has 0 atom stereocenters. The number of halogens is 1. The zero-order chi connectivity index (χ0) is 17.9. The van der Waals surface area contributed by atoms with Gasteiger partial charge in [0.2, 0.25) is 0 Å². The molecule has 0 bridgehead atoms. The molecule has 0 aromatic heterocycles. The van der Waals surface area contributed by atoms with Gasteiger partial charge in [0.15, 0.2) is 7.14 Å². The van der Waals surface area contributed by atoms with Crippen LogP contribution >= 0.6 is 18.7 Å². The SMILES string of the molecule is COc1ccc(OC)c(P(=O)(c2ccccc2)c2ccccc2)c1Cl. The lowest BCUT2D eigenvalue weighted by Crippen LogP contribution is -2.27. The molecule has 0 spiro atoms. The van der Waals surface area contributed by atoms with E-state index in [0.717, 1.165) is 0 Å². The van der Waals surface area contributed by atoms with Crippen molar-refractivity contribution in [2.75, 3.05) is 14.2 Å². The molecule has 0 aliphatic heterocycles. The summed E-state index contributed by atoms with van der Waals surface area (Å²) in [7, 11) is -0.166. The Labute approximate surface area is 152 Å². The molecule has 3 nitrogen and oxygen atoms in total. The van der Waals surface area contributed by atoms with Crippen LogP contribution in [0, 0.1) is 0 Å². The van der Waals surface area contributed by atoms with Crippen molar-refractivity contribution in [2.45, 2.75) is 0 Å². The van der Waals surface area contributed by atoms with Gasteiger partial charge < -0.3 is 14.0 Å². The van der Waals surface area contributed by atoms with Gasteiger partial charge in [-0.3, -0.25) is 0 Å². The molecule has 3 rings (SSSR count). The van der Waals surface area contributed by atoms with Crippen molar-refractivity contribution in [3.8, 4) is 11.5 Å². The zero-order valence-electron chi connectivity index (χ0n) is 14.0. The summed E-state index contributed by atoms with van der Waals surface area (Å²) >= 11 is 6.60. The van der Waals surface area contributed by atoms with E-state index in [-0.39, 0.29) is 0 Å². The molecule has 0 amide bonds. The smallest absolute Gasteiger partial charge is 0.176 e. The van der Waals surface area contributed by atoms with E-state index >= 15 is 0 Å². The second kappa shape index (κ2) is 7.35. The summed E-state index contributed by atoms with van der Waals surface area (Å²) in [5, 5.41) is 2.13. The molecule has 5 heteroatoms. The largest absolute Gasteiger partial charge is 0.496 e. The van der Waals surface area contributed by atoms with E-state index in [1.165, 1.54) is 7.11 Å². The van der Waals surface area contributed by atoms with Gasteiger partial charge >= 0.3 is 0 Å². The van der Waals surface area contributed by atoms with Crippen LogP contribution in [0.5, 0.6) is 11.5 Å². The van der Waals surface area contributed by atoms with Gasteiger partial charge in [-0.2, -0.15) is 0 Å². The van der Waals surface area contributed by atoms with Crippen LogP contribution < -0.4 is 25.4 Å². The summed E-state index contributed by atoms with van der Waals surface area (Å²) in [5.74, 6) is 0.936. The zero-order valence-corrected chi connectivity index (χ0v) is 15.6. The Bertz CT molecular complexity index is 867. The van der Waals surface area contributed by atoms with Crippen LogP contribution in [0.3, 0.4) is 0 Å². The molecule has 0 radical (unpaired) electrons. The molecule has 25 heavy (non-hydrogen) atoms. The van der Waals surface area contributed by atoms with E-state index in [1.807, 2.05) is 60.7 Å². The van der Waals surface area contributed by atoms with Crippen LogP contribution in [0.2, 0.25) is 5.02 Å². The molecule has 3 aromatic rings. The summed E-state index contributed by atoms with van der Waals surface area (Å²) in [6, 6.07) is 22.1. The van der Waals surface area contributed by atoms with Gasteiger partial charge in [0.25, 0.3) is 0 Å². The Hall–Kier alpha value is -2.22.